The Labute approximate surface area is 157 Å². The Morgan fingerprint density at radius 1 is 0.852 bits per heavy atom. The van der Waals surface area contributed by atoms with Gasteiger partial charge in [-0.25, -0.2) is 0 Å². The highest BCUT2D eigenvalue weighted by molar-refractivity contribution is 6.07. The molecule has 4 aromatic carbocycles. The Bertz CT molecular complexity index is 1240. The number of fused-ring (bicyclic) bond motifs is 4. The summed E-state index contributed by atoms with van der Waals surface area (Å²) in [5.74, 6) is 1.27. The number of carbonyl (C=O) groups excluding carboxylic acids is 1. The van der Waals surface area contributed by atoms with Gasteiger partial charge in [-0.2, -0.15) is 0 Å². The van der Waals surface area contributed by atoms with Gasteiger partial charge in [0.25, 0.3) is 0 Å². The van der Waals surface area contributed by atoms with Crippen LogP contribution in [0, 0.1) is 0 Å². The summed E-state index contributed by atoms with van der Waals surface area (Å²) in [7, 11) is 1.92. The molecule has 1 heterocycles. The molecule has 0 saturated heterocycles. The van der Waals surface area contributed by atoms with Crippen LogP contribution in [-0.2, 0) is 0 Å². The Hall–Kier alpha value is -3.59. The summed E-state index contributed by atoms with van der Waals surface area (Å²) in [6.45, 7) is 0. The summed E-state index contributed by atoms with van der Waals surface area (Å²) in [6.07, 6.45) is 1.57. The third-order valence-corrected chi connectivity index (χ3v) is 5.05. The molecule has 27 heavy (non-hydrogen) atoms. The number of carbonyl (C=O) groups is 1. The van der Waals surface area contributed by atoms with E-state index in [4.69, 9.17) is 4.74 Å². The van der Waals surface area contributed by atoms with Crippen molar-refractivity contribution in [1.29, 1.82) is 0 Å². The molecule has 0 amide bonds. The average Bonchev–Trinajstić information content (AvgIpc) is 3.03. The molecule has 1 aliphatic rings. The monoisotopic (exact) mass is 351 g/mol. The molecule has 3 heteroatoms. The van der Waals surface area contributed by atoms with E-state index >= 15 is 0 Å². The molecule has 0 N–H and O–H groups in total. The van der Waals surface area contributed by atoms with Gasteiger partial charge in [0.05, 0.1) is 5.69 Å². The zero-order valence-electron chi connectivity index (χ0n) is 14.8. The number of ether oxygens (including phenoxy) is 1. The number of nitrogens with zero attached hydrogens (tertiary/aromatic N) is 1. The van der Waals surface area contributed by atoms with Crippen molar-refractivity contribution in [3.05, 3.63) is 96.4 Å². The first-order valence-electron chi connectivity index (χ1n) is 8.89. The second kappa shape index (κ2) is 5.99. The van der Waals surface area contributed by atoms with Crippen LogP contribution in [0.5, 0.6) is 5.75 Å². The number of ketones is 1. The molecule has 0 atom stereocenters. The van der Waals surface area contributed by atoms with E-state index in [1.807, 2.05) is 78.7 Å². The first-order valence-corrected chi connectivity index (χ1v) is 8.89. The highest BCUT2D eigenvalue weighted by atomic mass is 16.5. The van der Waals surface area contributed by atoms with Crippen LogP contribution in [0.3, 0.4) is 0 Å². The van der Waals surface area contributed by atoms with Crippen molar-refractivity contribution < 1.29 is 9.53 Å². The topological polar surface area (TPSA) is 29.5 Å². The lowest BCUT2D eigenvalue weighted by Gasteiger charge is -2.10. The molecule has 0 radical (unpaired) electrons. The van der Waals surface area contributed by atoms with E-state index in [2.05, 4.69) is 12.1 Å². The van der Waals surface area contributed by atoms with Crippen LogP contribution in [0.15, 0.2) is 90.8 Å². The van der Waals surface area contributed by atoms with Gasteiger partial charge in [-0.15, -0.1) is 0 Å². The summed E-state index contributed by atoms with van der Waals surface area (Å²) < 4.78 is 6.08. The SMILES string of the molecule is CN1C(=CC(=O)c2ccc3ccccc3c2)Oc2c1ccc1ccccc21. The van der Waals surface area contributed by atoms with Gasteiger partial charge in [-0.05, 0) is 28.3 Å². The standard InChI is InChI=1S/C24H17NO2/c1-25-21-13-12-17-7-4-5-9-20(17)24(21)27-23(25)15-22(26)19-11-10-16-6-2-3-8-18(16)14-19/h2-15H,1H3. The molecular formula is C24H17NO2. The van der Waals surface area contributed by atoms with Crippen molar-refractivity contribution >= 4 is 33.0 Å². The lowest BCUT2D eigenvalue weighted by molar-refractivity contribution is 0.104. The van der Waals surface area contributed by atoms with E-state index in [9.17, 15) is 4.79 Å². The number of rotatable bonds is 2. The Kier molecular flexibility index (Phi) is 3.47. The van der Waals surface area contributed by atoms with Gasteiger partial charge in [0.15, 0.2) is 11.5 Å². The normalized spacial score (nSPS) is 14.6. The molecule has 0 bridgehead atoms. The number of benzene rings is 4. The van der Waals surface area contributed by atoms with Crippen LogP contribution in [0.4, 0.5) is 5.69 Å². The van der Waals surface area contributed by atoms with Crippen molar-refractivity contribution in [3.63, 3.8) is 0 Å². The van der Waals surface area contributed by atoms with Gasteiger partial charge in [0, 0.05) is 24.1 Å². The van der Waals surface area contributed by atoms with Crippen molar-refractivity contribution in [2.45, 2.75) is 0 Å². The van der Waals surface area contributed by atoms with Crippen LogP contribution in [0.1, 0.15) is 10.4 Å². The maximum atomic E-state index is 12.8. The summed E-state index contributed by atoms with van der Waals surface area (Å²) in [5.41, 5.74) is 1.62. The maximum absolute atomic E-state index is 12.8. The molecule has 0 fully saturated rings. The summed E-state index contributed by atoms with van der Waals surface area (Å²) >= 11 is 0. The smallest absolute Gasteiger partial charge is 0.204 e. The zero-order chi connectivity index (χ0) is 18.4. The van der Waals surface area contributed by atoms with E-state index in [0.717, 1.165) is 33.0 Å². The predicted molar refractivity (Wildman–Crippen MR) is 109 cm³/mol. The molecule has 0 aromatic heterocycles. The van der Waals surface area contributed by atoms with Gasteiger partial charge in [0.1, 0.15) is 0 Å². The second-order valence-corrected chi connectivity index (χ2v) is 6.70. The number of allylic oxidation sites excluding steroid dienone is 1. The Balaban J connectivity index is 1.52. The molecule has 4 aromatic rings. The van der Waals surface area contributed by atoms with Crippen LogP contribution in [0.25, 0.3) is 21.5 Å². The Morgan fingerprint density at radius 3 is 2.41 bits per heavy atom. The average molecular weight is 351 g/mol. The molecule has 5 rings (SSSR count). The number of hydrogen-bond donors (Lipinski definition) is 0. The first kappa shape index (κ1) is 15.6. The fourth-order valence-electron chi connectivity index (χ4n) is 3.56. The molecule has 0 spiro atoms. The lowest BCUT2D eigenvalue weighted by atomic mass is 10.0. The molecule has 0 saturated carbocycles. The molecule has 1 aliphatic heterocycles. The van der Waals surface area contributed by atoms with Crippen molar-refractivity contribution in [2.24, 2.45) is 0 Å². The third-order valence-electron chi connectivity index (χ3n) is 5.05. The molecule has 0 unspecified atom stereocenters. The minimum absolute atomic E-state index is 0.0697. The molecular weight excluding hydrogens is 334 g/mol. The minimum Gasteiger partial charge on any atom is -0.438 e. The number of hydrogen-bond acceptors (Lipinski definition) is 3. The first-order chi connectivity index (χ1) is 13.2. The largest absolute Gasteiger partial charge is 0.438 e. The van der Waals surface area contributed by atoms with Crippen LogP contribution < -0.4 is 9.64 Å². The van der Waals surface area contributed by atoms with Gasteiger partial charge in [0.2, 0.25) is 5.88 Å². The maximum Gasteiger partial charge on any atom is 0.204 e. The van der Waals surface area contributed by atoms with Gasteiger partial charge in [-0.3, -0.25) is 4.79 Å². The van der Waals surface area contributed by atoms with E-state index in [1.165, 1.54) is 0 Å². The van der Waals surface area contributed by atoms with Crippen molar-refractivity contribution in [3.8, 4) is 5.75 Å². The van der Waals surface area contributed by atoms with E-state index in [0.29, 0.717) is 11.4 Å². The van der Waals surface area contributed by atoms with Crippen LogP contribution >= 0.6 is 0 Å². The minimum atomic E-state index is -0.0697. The lowest BCUT2D eigenvalue weighted by Crippen LogP contribution is -2.15. The van der Waals surface area contributed by atoms with Crippen molar-refractivity contribution in [2.75, 3.05) is 11.9 Å². The van der Waals surface area contributed by atoms with Crippen LogP contribution in [0.2, 0.25) is 0 Å². The van der Waals surface area contributed by atoms with E-state index in [1.54, 1.807) is 6.08 Å². The Morgan fingerprint density at radius 2 is 1.56 bits per heavy atom. The summed E-state index contributed by atoms with van der Waals surface area (Å²) in [6, 6.07) is 26.0. The molecule has 130 valence electrons. The fraction of sp³-hybridized carbons (Fsp3) is 0.0417. The highest BCUT2D eigenvalue weighted by Crippen LogP contribution is 2.43. The fourth-order valence-corrected chi connectivity index (χ4v) is 3.56. The summed E-state index contributed by atoms with van der Waals surface area (Å²) in [5, 5.41) is 4.33. The van der Waals surface area contributed by atoms with E-state index < -0.39 is 0 Å². The van der Waals surface area contributed by atoms with Gasteiger partial charge < -0.3 is 9.64 Å². The quantitative estimate of drug-likeness (QED) is 0.350. The van der Waals surface area contributed by atoms with Crippen LogP contribution in [-0.4, -0.2) is 12.8 Å². The second-order valence-electron chi connectivity index (χ2n) is 6.70. The summed E-state index contributed by atoms with van der Waals surface area (Å²) in [4.78, 5) is 14.7. The van der Waals surface area contributed by atoms with E-state index in [-0.39, 0.29) is 5.78 Å². The van der Waals surface area contributed by atoms with Crippen molar-refractivity contribution in [1.82, 2.24) is 0 Å². The molecule has 0 aliphatic carbocycles. The predicted octanol–water partition coefficient (Wildman–Crippen LogP) is 5.55. The number of anilines is 1. The highest BCUT2D eigenvalue weighted by Gasteiger charge is 2.26. The van der Waals surface area contributed by atoms with Gasteiger partial charge >= 0.3 is 0 Å². The zero-order valence-corrected chi connectivity index (χ0v) is 14.8. The third kappa shape index (κ3) is 2.56. The van der Waals surface area contributed by atoms with Gasteiger partial charge in [-0.1, -0.05) is 66.7 Å². The molecule has 3 nitrogen and oxygen atoms in total.